The number of rotatable bonds is 6. The van der Waals surface area contributed by atoms with Crippen molar-refractivity contribution in [3.63, 3.8) is 0 Å². The summed E-state index contributed by atoms with van der Waals surface area (Å²) in [7, 11) is 0. The van der Waals surface area contributed by atoms with Crippen LogP contribution in [0.25, 0.3) is 10.9 Å². The van der Waals surface area contributed by atoms with Gasteiger partial charge >= 0.3 is 0 Å². The number of aromatic nitrogens is 1. The first-order chi connectivity index (χ1) is 20.2. The Hall–Kier alpha value is -3.67. The van der Waals surface area contributed by atoms with E-state index in [9.17, 15) is 4.79 Å². The van der Waals surface area contributed by atoms with Gasteiger partial charge in [0.25, 0.3) is 5.91 Å². The summed E-state index contributed by atoms with van der Waals surface area (Å²) in [6, 6.07) is 26.2. The van der Waals surface area contributed by atoms with Gasteiger partial charge in [-0.15, -0.1) is 11.3 Å². The van der Waals surface area contributed by atoms with E-state index < -0.39 is 0 Å². The van der Waals surface area contributed by atoms with Gasteiger partial charge in [-0.05, 0) is 79.0 Å². The minimum Gasteiger partial charge on any atom is -0.340 e. The molecule has 0 fully saturated rings. The third kappa shape index (κ3) is 5.68. The molecule has 2 aromatic heterocycles. The van der Waals surface area contributed by atoms with Crippen LogP contribution in [0.5, 0.6) is 0 Å². The zero-order valence-electron chi connectivity index (χ0n) is 24.6. The molecule has 0 bridgehead atoms. The molecule has 0 spiro atoms. The van der Waals surface area contributed by atoms with Gasteiger partial charge in [0.1, 0.15) is 5.00 Å². The molecule has 214 valence electrons. The summed E-state index contributed by atoms with van der Waals surface area (Å²) >= 11 is 7.82. The molecule has 1 atom stereocenters. The Kier molecular flexibility index (Phi) is 7.82. The highest BCUT2D eigenvalue weighted by Crippen LogP contribution is 2.45. The number of fused-ring (bicyclic) bond motifs is 2. The van der Waals surface area contributed by atoms with Crippen molar-refractivity contribution < 1.29 is 4.79 Å². The number of amides is 1. The van der Waals surface area contributed by atoms with Crippen LogP contribution in [0.1, 0.15) is 64.8 Å². The van der Waals surface area contributed by atoms with Crippen LogP contribution in [0, 0.1) is 18.3 Å². The highest BCUT2D eigenvalue weighted by molar-refractivity contribution is 7.16. The van der Waals surface area contributed by atoms with Gasteiger partial charge in [0, 0.05) is 50.5 Å². The number of hydrogen-bond donors (Lipinski definition) is 1. The van der Waals surface area contributed by atoms with Crippen LogP contribution in [0.2, 0.25) is 5.02 Å². The Bertz CT molecular complexity index is 1770. The van der Waals surface area contributed by atoms with Crippen molar-refractivity contribution in [2.24, 2.45) is 16.3 Å². The lowest BCUT2D eigenvalue weighted by Crippen LogP contribution is -2.27. The van der Waals surface area contributed by atoms with Crippen LogP contribution in [-0.4, -0.2) is 16.7 Å². The lowest BCUT2D eigenvalue weighted by atomic mass is 9.72. The predicted molar refractivity (Wildman–Crippen MR) is 178 cm³/mol. The smallest absolute Gasteiger partial charge is 0.259 e. The van der Waals surface area contributed by atoms with Crippen molar-refractivity contribution in [2.75, 3.05) is 5.32 Å². The van der Waals surface area contributed by atoms with E-state index in [-0.39, 0.29) is 11.3 Å². The monoisotopic (exact) mass is 593 g/mol. The Morgan fingerprint density at radius 3 is 2.50 bits per heavy atom. The SMILES string of the molecule is Cc1c(C=Nc2sc3c(c2C(=O)Nc2ccccc2)CC[C@H](C(C)(C)C)C3)c2ccccc2n1Cc1ccc(Cl)cc1. The third-order valence-corrected chi connectivity index (χ3v) is 9.99. The summed E-state index contributed by atoms with van der Waals surface area (Å²) in [5.41, 5.74) is 7.47. The highest BCUT2D eigenvalue weighted by Gasteiger charge is 2.33. The van der Waals surface area contributed by atoms with Gasteiger partial charge in [-0.25, -0.2) is 4.99 Å². The first kappa shape index (κ1) is 28.4. The zero-order chi connectivity index (χ0) is 29.4. The van der Waals surface area contributed by atoms with E-state index in [2.05, 4.69) is 74.0 Å². The summed E-state index contributed by atoms with van der Waals surface area (Å²) in [6.07, 6.45) is 4.94. The van der Waals surface area contributed by atoms with E-state index in [0.717, 1.165) is 69.2 Å². The molecular formula is C36H36ClN3OS. The fraction of sp³-hybridized carbons (Fsp3) is 0.278. The van der Waals surface area contributed by atoms with Gasteiger partial charge in [-0.2, -0.15) is 0 Å². The largest absolute Gasteiger partial charge is 0.340 e. The summed E-state index contributed by atoms with van der Waals surface area (Å²) in [5, 5.41) is 5.81. The minimum atomic E-state index is -0.0815. The van der Waals surface area contributed by atoms with E-state index >= 15 is 0 Å². The Morgan fingerprint density at radius 1 is 1.05 bits per heavy atom. The molecule has 42 heavy (non-hydrogen) atoms. The van der Waals surface area contributed by atoms with E-state index in [1.54, 1.807) is 11.3 Å². The maximum absolute atomic E-state index is 13.8. The number of nitrogens with zero attached hydrogens (tertiary/aromatic N) is 2. The quantitative estimate of drug-likeness (QED) is 0.196. The topological polar surface area (TPSA) is 46.4 Å². The molecule has 0 saturated heterocycles. The van der Waals surface area contributed by atoms with E-state index in [1.807, 2.05) is 48.7 Å². The lowest BCUT2D eigenvalue weighted by Gasteiger charge is -2.33. The number of hydrogen-bond acceptors (Lipinski definition) is 3. The second kappa shape index (κ2) is 11.5. The maximum atomic E-state index is 13.8. The number of halogens is 1. The standard InChI is InChI=1S/C36H36ClN3OS/c1-23-30(28-12-8-9-13-31(28)40(23)22-24-14-17-26(37)18-15-24)21-38-35-33(34(41)39-27-10-6-5-7-11-27)29-19-16-25(36(2,3)4)20-32(29)42-35/h5-15,17-18,21,25H,16,19-20,22H2,1-4H3,(H,39,41)/t25-/m0/s1. The predicted octanol–water partition coefficient (Wildman–Crippen LogP) is 9.87. The normalized spacial score (nSPS) is 15.3. The van der Waals surface area contributed by atoms with E-state index in [1.165, 1.54) is 16.0 Å². The van der Waals surface area contributed by atoms with Crippen LogP contribution in [0.3, 0.4) is 0 Å². The molecule has 0 radical (unpaired) electrons. The molecule has 0 unspecified atom stereocenters. The molecule has 6 heteroatoms. The second-order valence-electron chi connectivity index (χ2n) is 12.3. The van der Waals surface area contributed by atoms with Crippen LogP contribution >= 0.6 is 22.9 Å². The van der Waals surface area contributed by atoms with Gasteiger partial charge < -0.3 is 9.88 Å². The van der Waals surface area contributed by atoms with Crippen molar-refractivity contribution in [3.05, 3.63) is 117 Å². The zero-order valence-corrected chi connectivity index (χ0v) is 26.1. The number of anilines is 1. The highest BCUT2D eigenvalue weighted by atomic mass is 35.5. The number of aliphatic imine (C=N–C) groups is 1. The van der Waals surface area contributed by atoms with Gasteiger partial charge in [-0.1, -0.05) is 80.9 Å². The van der Waals surface area contributed by atoms with Gasteiger partial charge in [0.2, 0.25) is 0 Å². The molecule has 1 aliphatic carbocycles. The number of para-hydroxylation sites is 2. The minimum absolute atomic E-state index is 0.0815. The van der Waals surface area contributed by atoms with Gasteiger partial charge in [0.05, 0.1) is 5.56 Å². The fourth-order valence-corrected chi connectivity index (χ4v) is 7.47. The second-order valence-corrected chi connectivity index (χ2v) is 13.8. The molecule has 0 aliphatic heterocycles. The van der Waals surface area contributed by atoms with Crippen molar-refractivity contribution in [1.82, 2.24) is 4.57 Å². The molecule has 5 aromatic rings. The van der Waals surface area contributed by atoms with Crippen LogP contribution in [0.15, 0.2) is 83.9 Å². The molecule has 1 amide bonds. The Morgan fingerprint density at radius 2 is 1.76 bits per heavy atom. The maximum Gasteiger partial charge on any atom is 0.259 e. The number of benzene rings is 3. The summed E-state index contributed by atoms with van der Waals surface area (Å²) in [6.45, 7) is 9.85. The average Bonchev–Trinajstić information content (AvgIpc) is 3.47. The Balaban J connectivity index is 1.40. The van der Waals surface area contributed by atoms with E-state index in [0.29, 0.717) is 5.92 Å². The first-order valence-corrected chi connectivity index (χ1v) is 15.8. The number of thiophene rings is 1. The summed E-state index contributed by atoms with van der Waals surface area (Å²) in [5.74, 6) is 0.501. The van der Waals surface area contributed by atoms with Crippen LogP contribution < -0.4 is 5.32 Å². The molecule has 1 aliphatic rings. The fourth-order valence-electron chi connectivity index (χ4n) is 6.07. The number of nitrogens with one attached hydrogen (secondary N) is 1. The molecule has 0 saturated carbocycles. The van der Waals surface area contributed by atoms with Crippen molar-refractivity contribution in [3.8, 4) is 0 Å². The molecule has 4 nitrogen and oxygen atoms in total. The van der Waals surface area contributed by atoms with Crippen molar-refractivity contribution in [2.45, 2.75) is 53.5 Å². The average molecular weight is 594 g/mol. The van der Waals surface area contributed by atoms with E-state index in [4.69, 9.17) is 16.6 Å². The van der Waals surface area contributed by atoms with Crippen LogP contribution in [0.4, 0.5) is 10.7 Å². The summed E-state index contributed by atoms with van der Waals surface area (Å²) in [4.78, 5) is 20.2. The number of carbonyl (C=O) groups excluding carboxylic acids is 1. The molecular weight excluding hydrogens is 558 g/mol. The molecule has 3 aromatic carbocycles. The van der Waals surface area contributed by atoms with Gasteiger partial charge in [-0.3, -0.25) is 4.79 Å². The van der Waals surface area contributed by atoms with Gasteiger partial charge in [0.15, 0.2) is 0 Å². The van der Waals surface area contributed by atoms with Crippen molar-refractivity contribution >= 4 is 56.7 Å². The van der Waals surface area contributed by atoms with Crippen molar-refractivity contribution in [1.29, 1.82) is 0 Å². The molecule has 1 N–H and O–H groups in total. The Labute approximate surface area is 257 Å². The molecule has 2 heterocycles. The summed E-state index contributed by atoms with van der Waals surface area (Å²) < 4.78 is 2.33. The third-order valence-electron chi connectivity index (χ3n) is 8.57. The lowest BCUT2D eigenvalue weighted by molar-refractivity contribution is 0.102. The number of carbonyl (C=O) groups is 1. The molecule has 6 rings (SSSR count). The van der Waals surface area contributed by atoms with Crippen LogP contribution in [-0.2, 0) is 19.4 Å². The first-order valence-electron chi connectivity index (χ1n) is 14.6.